The Morgan fingerprint density at radius 1 is 1.13 bits per heavy atom. The number of carbonyl (C=O) groups excluding carboxylic acids is 3. The van der Waals surface area contributed by atoms with E-state index >= 15 is 0 Å². The molecule has 1 N–H and O–H groups in total. The van der Waals surface area contributed by atoms with Crippen LogP contribution in [0.3, 0.4) is 0 Å². The molecule has 4 rings (SSSR count). The number of nitrogens with one attached hydrogen (secondary N) is 1. The molecule has 0 spiro atoms. The van der Waals surface area contributed by atoms with Crippen molar-refractivity contribution in [2.75, 3.05) is 17.3 Å². The maximum Gasteiger partial charge on any atom is 0.573 e. The predicted molar refractivity (Wildman–Crippen MR) is 99.7 cm³/mol. The summed E-state index contributed by atoms with van der Waals surface area (Å²) >= 11 is 0. The third-order valence-electron chi connectivity index (χ3n) is 5.23. The second-order valence-electron chi connectivity index (χ2n) is 6.96. The molecule has 156 valence electrons. The van der Waals surface area contributed by atoms with Crippen LogP contribution in [-0.4, -0.2) is 41.7 Å². The summed E-state index contributed by atoms with van der Waals surface area (Å²) in [6.07, 6.45) is -4.79. The molecule has 1 fully saturated rings. The highest BCUT2D eigenvalue weighted by Gasteiger charge is 2.59. The van der Waals surface area contributed by atoms with E-state index in [9.17, 15) is 27.6 Å². The Morgan fingerprint density at radius 2 is 1.87 bits per heavy atom. The maximum absolute atomic E-state index is 13.3. The lowest BCUT2D eigenvalue weighted by molar-refractivity contribution is -0.274. The van der Waals surface area contributed by atoms with Gasteiger partial charge in [-0.2, -0.15) is 0 Å². The average Bonchev–Trinajstić information content (AvgIpc) is 3.04. The molecule has 2 aliphatic rings. The summed E-state index contributed by atoms with van der Waals surface area (Å²) in [6.45, 7) is 0. The van der Waals surface area contributed by atoms with Crippen molar-refractivity contribution >= 4 is 29.1 Å². The molecule has 0 radical (unpaired) electrons. The Hall–Kier alpha value is -3.56. The van der Waals surface area contributed by atoms with Crippen molar-refractivity contribution in [1.29, 1.82) is 0 Å². The number of nitrogens with zero attached hydrogens (tertiary/aromatic N) is 2. The Morgan fingerprint density at radius 3 is 2.60 bits per heavy atom. The molecule has 0 saturated carbocycles. The first-order valence-electron chi connectivity index (χ1n) is 9.01. The van der Waals surface area contributed by atoms with E-state index in [1.807, 2.05) is 0 Å². The smallest absolute Gasteiger partial charge is 0.406 e. The number of benzene rings is 2. The monoisotopic (exact) mass is 419 g/mol. The SMILES string of the molecule is CN1C(=O)c2ccccc2N2C(=O)CCC12C(=O)Nc1cccc(OC(F)(F)F)c1. The molecule has 3 amide bonds. The number of carbonyl (C=O) groups is 3. The van der Waals surface area contributed by atoms with Crippen molar-refractivity contribution in [1.82, 2.24) is 4.90 Å². The standard InChI is InChI=1S/C20H16F3N3O4/c1-25-17(28)14-7-2-3-8-15(14)26-16(27)9-10-19(25,26)18(29)24-12-5-4-6-13(11-12)30-20(21,22)23/h2-8,11H,9-10H2,1H3,(H,24,29). The number of anilines is 2. The normalized spacial score (nSPS) is 20.7. The van der Waals surface area contributed by atoms with Crippen LogP contribution in [0.1, 0.15) is 23.2 Å². The highest BCUT2D eigenvalue weighted by Crippen LogP contribution is 2.44. The van der Waals surface area contributed by atoms with Gasteiger partial charge in [0.25, 0.3) is 11.8 Å². The quantitative estimate of drug-likeness (QED) is 0.829. The van der Waals surface area contributed by atoms with Crippen LogP contribution >= 0.6 is 0 Å². The molecule has 30 heavy (non-hydrogen) atoms. The number of hydrogen-bond acceptors (Lipinski definition) is 4. The number of alkyl halides is 3. The van der Waals surface area contributed by atoms with Gasteiger partial charge in [-0.3, -0.25) is 19.3 Å². The summed E-state index contributed by atoms with van der Waals surface area (Å²) in [5, 5.41) is 2.53. The van der Waals surface area contributed by atoms with Gasteiger partial charge in [0.2, 0.25) is 11.6 Å². The van der Waals surface area contributed by atoms with Gasteiger partial charge in [-0.25, -0.2) is 0 Å². The summed E-state index contributed by atoms with van der Waals surface area (Å²) in [5.41, 5.74) is -0.967. The fourth-order valence-corrected chi connectivity index (χ4v) is 3.93. The van der Waals surface area contributed by atoms with Crippen molar-refractivity contribution in [2.45, 2.75) is 24.9 Å². The zero-order valence-corrected chi connectivity index (χ0v) is 15.7. The van der Waals surface area contributed by atoms with Gasteiger partial charge in [0.05, 0.1) is 11.3 Å². The van der Waals surface area contributed by atoms with Gasteiger partial charge in [0.1, 0.15) is 5.75 Å². The van der Waals surface area contributed by atoms with Gasteiger partial charge >= 0.3 is 6.36 Å². The lowest BCUT2D eigenvalue weighted by atomic mass is 9.96. The van der Waals surface area contributed by atoms with Crippen LogP contribution in [0.2, 0.25) is 0 Å². The largest absolute Gasteiger partial charge is 0.573 e. The topological polar surface area (TPSA) is 79.0 Å². The molecular weight excluding hydrogens is 403 g/mol. The average molecular weight is 419 g/mol. The number of fused-ring (bicyclic) bond motifs is 3. The Kier molecular flexibility index (Phi) is 4.44. The highest BCUT2D eigenvalue weighted by atomic mass is 19.4. The van der Waals surface area contributed by atoms with Gasteiger partial charge < -0.3 is 15.0 Å². The van der Waals surface area contributed by atoms with Gasteiger partial charge in [0, 0.05) is 31.6 Å². The van der Waals surface area contributed by atoms with Crippen LogP contribution in [0, 0.1) is 0 Å². The molecule has 1 unspecified atom stereocenters. The van der Waals surface area contributed by atoms with Crippen LogP contribution in [0.25, 0.3) is 0 Å². The van der Waals surface area contributed by atoms with Crippen molar-refractivity contribution in [3.8, 4) is 5.75 Å². The van der Waals surface area contributed by atoms with Crippen LogP contribution in [0.4, 0.5) is 24.5 Å². The molecular formula is C20H16F3N3O4. The van der Waals surface area contributed by atoms with Gasteiger partial charge in [-0.1, -0.05) is 18.2 Å². The first kappa shape index (κ1) is 19.7. The molecule has 10 heteroatoms. The summed E-state index contributed by atoms with van der Waals surface area (Å²) in [4.78, 5) is 41.4. The number of amides is 3. The fraction of sp³-hybridized carbons (Fsp3) is 0.250. The minimum absolute atomic E-state index is 0.0372. The Balaban J connectivity index is 1.71. The molecule has 0 aliphatic carbocycles. The lowest BCUT2D eigenvalue weighted by Crippen LogP contribution is -2.68. The second-order valence-corrected chi connectivity index (χ2v) is 6.96. The van der Waals surface area contributed by atoms with Crippen LogP contribution < -0.4 is 15.0 Å². The van der Waals surface area contributed by atoms with Crippen molar-refractivity contribution in [3.63, 3.8) is 0 Å². The third kappa shape index (κ3) is 3.04. The fourth-order valence-electron chi connectivity index (χ4n) is 3.93. The molecule has 2 aliphatic heterocycles. The van der Waals surface area contributed by atoms with E-state index in [0.29, 0.717) is 11.3 Å². The summed E-state index contributed by atoms with van der Waals surface area (Å²) < 4.78 is 41.3. The number of likely N-dealkylation sites (N-methyl/N-ethyl adjacent to an activating group) is 1. The Labute approximate surface area is 169 Å². The van der Waals surface area contributed by atoms with Crippen LogP contribution in [0.15, 0.2) is 48.5 Å². The lowest BCUT2D eigenvalue weighted by Gasteiger charge is -2.47. The van der Waals surface area contributed by atoms with Gasteiger partial charge in [-0.15, -0.1) is 13.2 Å². The van der Waals surface area contributed by atoms with Crippen LogP contribution in [0.5, 0.6) is 5.75 Å². The minimum atomic E-state index is -4.88. The summed E-state index contributed by atoms with van der Waals surface area (Å²) in [6, 6.07) is 11.3. The summed E-state index contributed by atoms with van der Waals surface area (Å²) in [5.74, 6) is -1.97. The van der Waals surface area contributed by atoms with E-state index in [2.05, 4.69) is 10.1 Å². The van der Waals surface area contributed by atoms with E-state index in [1.54, 1.807) is 24.3 Å². The molecule has 0 bridgehead atoms. The zero-order valence-electron chi connectivity index (χ0n) is 15.7. The predicted octanol–water partition coefficient (Wildman–Crippen LogP) is 3.13. The van der Waals surface area contributed by atoms with E-state index < -0.39 is 29.6 Å². The molecule has 1 saturated heterocycles. The van der Waals surface area contributed by atoms with Gasteiger partial charge in [-0.05, 0) is 24.3 Å². The third-order valence-corrected chi connectivity index (χ3v) is 5.23. The number of para-hydroxylation sites is 1. The van der Waals surface area contributed by atoms with Crippen molar-refractivity contribution < 1.29 is 32.3 Å². The minimum Gasteiger partial charge on any atom is -0.406 e. The molecule has 2 heterocycles. The molecule has 2 aromatic rings. The van der Waals surface area contributed by atoms with Crippen molar-refractivity contribution in [3.05, 3.63) is 54.1 Å². The number of halogens is 3. The molecule has 2 aromatic carbocycles. The first-order valence-corrected chi connectivity index (χ1v) is 9.01. The number of ether oxygens (including phenoxy) is 1. The first-order chi connectivity index (χ1) is 14.1. The highest BCUT2D eigenvalue weighted by molar-refractivity contribution is 6.18. The van der Waals surface area contributed by atoms with E-state index in [1.165, 1.54) is 29.0 Å². The van der Waals surface area contributed by atoms with Crippen LogP contribution in [-0.2, 0) is 9.59 Å². The van der Waals surface area contributed by atoms with Gasteiger partial charge in [0.15, 0.2) is 0 Å². The van der Waals surface area contributed by atoms with Crippen molar-refractivity contribution in [2.24, 2.45) is 0 Å². The van der Waals surface area contributed by atoms with E-state index in [-0.39, 0.29) is 24.4 Å². The van der Waals surface area contributed by atoms with E-state index in [0.717, 1.165) is 12.1 Å². The molecule has 1 atom stereocenters. The second kappa shape index (κ2) is 6.75. The number of hydrogen-bond donors (Lipinski definition) is 1. The molecule has 0 aromatic heterocycles. The zero-order chi connectivity index (χ0) is 21.7. The number of rotatable bonds is 3. The summed E-state index contributed by atoms with van der Waals surface area (Å²) in [7, 11) is 1.42. The van der Waals surface area contributed by atoms with E-state index in [4.69, 9.17) is 0 Å². The molecule has 7 nitrogen and oxygen atoms in total. The Bertz CT molecular complexity index is 1060. The maximum atomic E-state index is 13.3.